The van der Waals surface area contributed by atoms with Crippen LogP contribution in [0.15, 0.2) is 41.8 Å². The van der Waals surface area contributed by atoms with Crippen LogP contribution >= 0.6 is 11.3 Å². The predicted molar refractivity (Wildman–Crippen MR) is 96.7 cm³/mol. The van der Waals surface area contributed by atoms with Crippen molar-refractivity contribution in [3.05, 3.63) is 46.7 Å². The van der Waals surface area contributed by atoms with Crippen molar-refractivity contribution in [2.45, 2.75) is 6.92 Å². The highest BCUT2D eigenvalue weighted by Gasteiger charge is 2.29. The van der Waals surface area contributed by atoms with Crippen molar-refractivity contribution in [2.75, 3.05) is 31.9 Å². The number of hydrogen-bond donors (Lipinski definition) is 0. The van der Waals surface area contributed by atoms with E-state index >= 15 is 0 Å². The van der Waals surface area contributed by atoms with E-state index in [2.05, 4.69) is 0 Å². The minimum Gasteiger partial charge on any atom is -0.335 e. The lowest BCUT2D eigenvalue weighted by molar-refractivity contribution is 0.0703. The lowest BCUT2D eigenvalue weighted by Crippen LogP contribution is -2.50. The number of sulfonamides is 1. The smallest absolute Gasteiger partial charge is 0.264 e. The van der Waals surface area contributed by atoms with Crippen LogP contribution in [-0.2, 0) is 10.0 Å². The molecule has 2 heterocycles. The maximum atomic E-state index is 12.8. The Bertz CT molecular complexity index is 807. The normalized spacial score (nSPS) is 16.3. The molecule has 128 valence electrons. The summed E-state index contributed by atoms with van der Waals surface area (Å²) in [6.07, 6.45) is 0. The average molecular weight is 364 g/mol. The van der Waals surface area contributed by atoms with Gasteiger partial charge < -0.3 is 4.90 Å². The van der Waals surface area contributed by atoms with Gasteiger partial charge in [-0.25, -0.2) is 8.42 Å². The Morgan fingerprint density at radius 2 is 1.75 bits per heavy atom. The molecule has 1 aliphatic rings. The first-order chi connectivity index (χ1) is 11.5. The fourth-order valence-corrected chi connectivity index (χ4v) is 4.78. The number of piperazine rings is 1. The van der Waals surface area contributed by atoms with E-state index in [0.717, 1.165) is 11.1 Å². The topological polar surface area (TPSA) is 57.7 Å². The summed E-state index contributed by atoms with van der Waals surface area (Å²) in [4.78, 5) is 15.3. The van der Waals surface area contributed by atoms with Crippen LogP contribution in [-0.4, -0.2) is 55.5 Å². The Hall–Kier alpha value is -1.70. The van der Waals surface area contributed by atoms with Gasteiger partial charge in [0.25, 0.3) is 5.91 Å². The third-order valence-electron chi connectivity index (χ3n) is 4.23. The Balaban J connectivity index is 1.75. The van der Waals surface area contributed by atoms with Gasteiger partial charge in [-0.15, -0.1) is 11.3 Å². The molecule has 3 rings (SSSR count). The molecule has 0 unspecified atom stereocenters. The van der Waals surface area contributed by atoms with Gasteiger partial charge in [-0.2, -0.15) is 4.31 Å². The van der Waals surface area contributed by atoms with Crippen molar-refractivity contribution < 1.29 is 13.2 Å². The van der Waals surface area contributed by atoms with E-state index in [4.69, 9.17) is 0 Å². The quantitative estimate of drug-likeness (QED) is 0.838. The van der Waals surface area contributed by atoms with Gasteiger partial charge in [0, 0.05) is 31.7 Å². The molecular weight excluding hydrogens is 344 g/mol. The maximum absolute atomic E-state index is 12.8. The maximum Gasteiger partial charge on any atom is 0.264 e. The summed E-state index contributed by atoms with van der Waals surface area (Å²) in [5.74, 6) is 0.0849. The van der Waals surface area contributed by atoms with Gasteiger partial charge in [0.1, 0.15) is 0 Å². The molecule has 1 amide bonds. The fraction of sp³-hybridized carbons (Fsp3) is 0.353. The summed E-state index contributed by atoms with van der Waals surface area (Å²) >= 11 is 1.43. The fourth-order valence-electron chi connectivity index (χ4n) is 2.82. The van der Waals surface area contributed by atoms with Crippen LogP contribution in [0.4, 0.5) is 0 Å². The van der Waals surface area contributed by atoms with Crippen LogP contribution in [0, 0.1) is 0 Å². The van der Waals surface area contributed by atoms with E-state index in [9.17, 15) is 13.2 Å². The standard InChI is InChI=1S/C17H20N2O3S2/c1-2-24(21,22)19-11-9-18(10-12-19)17(20)16-15(8-13-23-16)14-6-4-3-5-7-14/h3-8,13H,2,9-12H2,1H3. The third kappa shape index (κ3) is 3.38. The molecule has 0 radical (unpaired) electrons. The van der Waals surface area contributed by atoms with E-state index in [1.165, 1.54) is 15.6 Å². The monoisotopic (exact) mass is 364 g/mol. The molecule has 1 saturated heterocycles. The minimum absolute atomic E-state index is 0.0163. The van der Waals surface area contributed by atoms with Crippen LogP contribution in [0.3, 0.4) is 0 Å². The number of carbonyl (C=O) groups is 1. The largest absolute Gasteiger partial charge is 0.335 e. The lowest BCUT2D eigenvalue weighted by atomic mass is 10.1. The Morgan fingerprint density at radius 3 is 2.38 bits per heavy atom. The number of rotatable bonds is 4. The third-order valence-corrected chi connectivity index (χ3v) is 7.01. The zero-order valence-electron chi connectivity index (χ0n) is 13.5. The number of thiophene rings is 1. The van der Waals surface area contributed by atoms with Crippen molar-refractivity contribution in [3.63, 3.8) is 0 Å². The number of benzene rings is 1. The highest BCUT2D eigenvalue weighted by Crippen LogP contribution is 2.29. The van der Waals surface area contributed by atoms with Gasteiger partial charge in [0.2, 0.25) is 10.0 Å². The Morgan fingerprint density at radius 1 is 1.08 bits per heavy atom. The van der Waals surface area contributed by atoms with Crippen LogP contribution in [0.5, 0.6) is 0 Å². The number of amides is 1. The van der Waals surface area contributed by atoms with Gasteiger partial charge in [0.05, 0.1) is 10.6 Å². The van der Waals surface area contributed by atoms with E-state index in [1.807, 2.05) is 41.8 Å². The molecule has 0 bridgehead atoms. The second-order valence-electron chi connectivity index (χ2n) is 5.62. The minimum atomic E-state index is -3.18. The second kappa shape index (κ2) is 7.04. The molecule has 1 aromatic carbocycles. The number of carbonyl (C=O) groups excluding carboxylic acids is 1. The van der Waals surface area contributed by atoms with Crippen molar-refractivity contribution in [3.8, 4) is 11.1 Å². The van der Waals surface area contributed by atoms with Gasteiger partial charge in [-0.1, -0.05) is 30.3 Å². The van der Waals surface area contributed by atoms with Crippen LogP contribution in [0.25, 0.3) is 11.1 Å². The number of hydrogen-bond acceptors (Lipinski definition) is 4. The molecule has 24 heavy (non-hydrogen) atoms. The summed E-state index contributed by atoms with van der Waals surface area (Å²) in [6, 6.07) is 11.8. The Labute approximate surface area is 146 Å². The van der Waals surface area contributed by atoms with Gasteiger partial charge in [0.15, 0.2) is 0 Å². The summed E-state index contributed by atoms with van der Waals surface area (Å²) < 4.78 is 25.3. The SMILES string of the molecule is CCS(=O)(=O)N1CCN(C(=O)c2sccc2-c2ccccc2)CC1. The summed E-state index contributed by atoms with van der Waals surface area (Å²) in [7, 11) is -3.18. The second-order valence-corrected chi connectivity index (χ2v) is 8.79. The van der Waals surface area contributed by atoms with E-state index in [0.29, 0.717) is 31.1 Å². The molecule has 2 aromatic rings. The van der Waals surface area contributed by atoms with Crippen LogP contribution in [0.1, 0.15) is 16.6 Å². The van der Waals surface area contributed by atoms with E-state index in [-0.39, 0.29) is 11.7 Å². The molecule has 0 spiro atoms. The van der Waals surface area contributed by atoms with Gasteiger partial charge in [-0.3, -0.25) is 4.79 Å². The molecule has 1 aromatic heterocycles. The molecule has 0 N–H and O–H groups in total. The van der Waals surface area contributed by atoms with Crippen molar-refractivity contribution in [1.82, 2.24) is 9.21 Å². The van der Waals surface area contributed by atoms with E-state index < -0.39 is 10.0 Å². The van der Waals surface area contributed by atoms with Crippen LogP contribution < -0.4 is 0 Å². The zero-order valence-corrected chi connectivity index (χ0v) is 15.1. The highest BCUT2D eigenvalue weighted by atomic mass is 32.2. The first-order valence-corrected chi connectivity index (χ1v) is 10.4. The predicted octanol–water partition coefficient (Wildman–Crippen LogP) is 2.52. The first kappa shape index (κ1) is 17.1. The van der Waals surface area contributed by atoms with Gasteiger partial charge in [-0.05, 0) is 23.9 Å². The first-order valence-electron chi connectivity index (χ1n) is 7.93. The molecule has 0 aliphatic carbocycles. The lowest BCUT2D eigenvalue weighted by Gasteiger charge is -2.33. The zero-order chi connectivity index (χ0) is 17.2. The van der Waals surface area contributed by atoms with E-state index in [1.54, 1.807) is 11.8 Å². The molecule has 0 saturated carbocycles. The van der Waals surface area contributed by atoms with Crippen LogP contribution in [0.2, 0.25) is 0 Å². The average Bonchev–Trinajstić information content (AvgIpc) is 3.11. The Kier molecular flexibility index (Phi) is 5.03. The number of nitrogens with zero attached hydrogens (tertiary/aromatic N) is 2. The molecule has 0 atom stereocenters. The molecule has 1 fully saturated rings. The highest BCUT2D eigenvalue weighted by molar-refractivity contribution is 7.89. The van der Waals surface area contributed by atoms with Crippen molar-refractivity contribution >= 4 is 27.3 Å². The summed E-state index contributed by atoms with van der Waals surface area (Å²) in [6.45, 7) is 3.25. The van der Waals surface area contributed by atoms with Crippen molar-refractivity contribution in [1.29, 1.82) is 0 Å². The van der Waals surface area contributed by atoms with Crippen molar-refractivity contribution in [2.24, 2.45) is 0 Å². The summed E-state index contributed by atoms with van der Waals surface area (Å²) in [5.41, 5.74) is 1.96. The molecule has 7 heteroatoms. The summed E-state index contributed by atoms with van der Waals surface area (Å²) in [5, 5.41) is 1.92. The van der Waals surface area contributed by atoms with Gasteiger partial charge >= 0.3 is 0 Å². The molecule has 5 nitrogen and oxygen atoms in total. The molecule has 1 aliphatic heterocycles. The molecular formula is C17H20N2O3S2.